The summed E-state index contributed by atoms with van der Waals surface area (Å²) in [4.78, 5) is 24.7. The van der Waals surface area contributed by atoms with Gasteiger partial charge in [0.05, 0.1) is 5.41 Å². The van der Waals surface area contributed by atoms with E-state index in [-0.39, 0.29) is 18.6 Å². The highest BCUT2D eigenvalue weighted by molar-refractivity contribution is 5.78. The zero-order chi connectivity index (χ0) is 13.1. The summed E-state index contributed by atoms with van der Waals surface area (Å²) in [5.74, 6) is -0.866. The topological polar surface area (TPSA) is 69.6 Å². The number of urea groups is 1. The summed E-state index contributed by atoms with van der Waals surface area (Å²) in [6.07, 6.45) is 2.55. The molecular weight excluding hydrogens is 220 g/mol. The van der Waals surface area contributed by atoms with Crippen LogP contribution in [0, 0.1) is 5.41 Å². The first-order valence-corrected chi connectivity index (χ1v) is 6.18. The Morgan fingerprint density at radius 1 is 1.53 bits per heavy atom. The van der Waals surface area contributed by atoms with Gasteiger partial charge in [-0.2, -0.15) is 0 Å². The molecule has 1 rings (SSSR count). The monoisotopic (exact) mass is 242 g/mol. The average Bonchev–Trinajstić information content (AvgIpc) is 2.71. The molecule has 0 spiro atoms. The summed E-state index contributed by atoms with van der Waals surface area (Å²) in [6.45, 7) is 6.44. The van der Waals surface area contributed by atoms with Crippen molar-refractivity contribution in [1.82, 2.24) is 10.2 Å². The molecule has 0 aromatic carbocycles. The van der Waals surface area contributed by atoms with Crippen LogP contribution in [0.4, 0.5) is 4.79 Å². The lowest BCUT2D eigenvalue weighted by molar-refractivity contribution is -0.147. The first-order valence-electron chi connectivity index (χ1n) is 6.18. The molecule has 1 saturated heterocycles. The quantitative estimate of drug-likeness (QED) is 0.788. The van der Waals surface area contributed by atoms with Gasteiger partial charge < -0.3 is 15.3 Å². The molecule has 0 aliphatic carbocycles. The molecule has 5 nitrogen and oxygen atoms in total. The number of likely N-dealkylation sites (tertiary alicyclic amines) is 1. The smallest absolute Gasteiger partial charge is 0.317 e. The van der Waals surface area contributed by atoms with Gasteiger partial charge in [-0.25, -0.2) is 4.79 Å². The van der Waals surface area contributed by atoms with Gasteiger partial charge in [0.25, 0.3) is 0 Å². The minimum Gasteiger partial charge on any atom is -0.481 e. The molecule has 5 heteroatoms. The van der Waals surface area contributed by atoms with E-state index in [4.69, 9.17) is 5.11 Å². The summed E-state index contributed by atoms with van der Waals surface area (Å²) in [5, 5.41) is 11.8. The molecule has 2 amide bonds. The number of aliphatic carboxylic acids is 1. The summed E-state index contributed by atoms with van der Waals surface area (Å²) in [5.41, 5.74) is -0.876. The molecule has 2 unspecified atom stereocenters. The second-order valence-electron chi connectivity index (χ2n) is 5.06. The Balaban J connectivity index is 2.50. The highest BCUT2D eigenvalue weighted by Crippen LogP contribution is 2.21. The molecule has 1 heterocycles. The maximum absolute atomic E-state index is 11.9. The summed E-state index contributed by atoms with van der Waals surface area (Å²) >= 11 is 0. The first-order chi connectivity index (χ1) is 7.90. The molecular formula is C12H22N2O3. The van der Waals surface area contributed by atoms with Crippen molar-refractivity contribution in [3.05, 3.63) is 0 Å². The highest BCUT2D eigenvalue weighted by atomic mass is 16.4. The van der Waals surface area contributed by atoms with Gasteiger partial charge in [-0.1, -0.05) is 6.92 Å². The van der Waals surface area contributed by atoms with E-state index in [1.807, 2.05) is 13.8 Å². The fraction of sp³-hybridized carbons (Fsp3) is 0.833. The number of carbonyl (C=O) groups is 2. The summed E-state index contributed by atoms with van der Waals surface area (Å²) < 4.78 is 0. The Labute approximate surface area is 102 Å². The summed E-state index contributed by atoms with van der Waals surface area (Å²) in [7, 11) is 0. The van der Waals surface area contributed by atoms with Gasteiger partial charge in [-0.3, -0.25) is 4.79 Å². The van der Waals surface area contributed by atoms with Crippen molar-refractivity contribution in [3.63, 3.8) is 0 Å². The number of carboxylic acids is 1. The zero-order valence-electron chi connectivity index (χ0n) is 10.8. The van der Waals surface area contributed by atoms with Crippen molar-refractivity contribution >= 4 is 12.0 Å². The highest BCUT2D eigenvalue weighted by Gasteiger charge is 2.33. The van der Waals surface area contributed by atoms with Gasteiger partial charge in [0.2, 0.25) is 0 Å². The number of carbonyl (C=O) groups excluding carboxylic acids is 1. The van der Waals surface area contributed by atoms with Crippen LogP contribution >= 0.6 is 0 Å². The molecule has 0 aromatic heterocycles. The van der Waals surface area contributed by atoms with Crippen molar-refractivity contribution in [2.24, 2.45) is 5.41 Å². The lowest BCUT2D eigenvalue weighted by atomic mass is 9.88. The second kappa shape index (κ2) is 5.38. The lowest BCUT2D eigenvalue weighted by Crippen LogP contribution is -2.47. The molecule has 2 atom stereocenters. The van der Waals surface area contributed by atoms with Crippen molar-refractivity contribution in [3.8, 4) is 0 Å². The van der Waals surface area contributed by atoms with Crippen LogP contribution in [0.1, 0.15) is 40.0 Å². The van der Waals surface area contributed by atoms with Gasteiger partial charge in [0, 0.05) is 19.1 Å². The number of hydrogen-bond donors (Lipinski definition) is 2. The lowest BCUT2D eigenvalue weighted by Gasteiger charge is -2.27. The van der Waals surface area contributed by atoms with Crippen LogP contribution in [0.15, 0.2) is 0 Å². The number of hydrogen-bond acceptors (Lipinski definition) is 2. The summed E-state index contributed by atoms with van der Waals surface area (Å²) in [6, 6.07) is 0.114. The molecule has 17 heavy (non-hydrogen) atoms. The third-order valence-electron chi connectivity index (χ3n) is 3.74. The molecule has 1 fully saturated rings. The number of amides is 2. The van der Waals surface area contributed by atoms with Gasteiger partial charge in [0.1, 0.15) is 0 Å². The van der Waals surface area contributed by atoms with Crippen LogP contribution < -0.4 is 5.32 Å². The van der Waals surface area contributed by atoms with Crippen LogP contribution in [0.2, 0.25) is 0 Å². The maximum atomic E-state index is 11.9. The van der Waals surface area contributed by atoms with Crippen LogP contribution in [-0.4, -0.2) is 41.1 Å². The van der Waals surface area contributed by atoms with Crippen molar-refractivity contribution in [2.75, 3.05) is 13.1 Å². The Bertz CT molecular complexity index is 306. The van der Waals surface area contributed by atoms with Gasteiger partial charge in [-0.15, -0.1) is 0 Å². The van der Waals surface area contributed by atoms with E-state index in [0.29, 0.717) is 6.42 Å². The van der Waals surface area contributed by atoms with Crippen molar-refractivity contribution in [2.45, 2.75) is 46.1 Å². The Morgan fingerprint density at radius 3 is 2.59 bits per heavy atom. The van der Waals surface area contributed by atoms with Gasteiger partial charge in [0.15, 0.2) is 0 Å². The molecule has 0 aromatic rings. The molecule has 1 aliphatic rings. The predicted octanol–water partition coefficient (Wildman–Crippen LogP) is 1.68. The van der Waals surface area contributed by atoms with E-state index in [9.17, 15) is 9.59 Å². The molecule has 2 N–H and O–H groups in total. The minimum atomic E-state index is -0.876. The van der Waals surface area contributed by atoms with Crippen LogP contribution in [-0.2, 0) is 4.79 Å². The van der Waals surface area contributed by atoms with Crippen molar-refractivity contribution in [1.29, 1.82) is 0 Å². The van der Waals surface area contributed by atoms with E-state index >= 15 is 0 Å². The van der Waals surface area contributed by atoms with Crippen LogP contribution in [0.25, 0.3) is 0 Å². The standard InChI is InChI=1S/C12H22N2O3/c1-4-12(3,10(15)16)8-13-11(17)14-7-5-6-9(14)2/h9H,4-8H2,1-3H3,(H,13,17)(H,15,16). The van der Waals surface area contributed by atoms with E-state index in [2.05, 4.69) is 5.32 Å². The molecule has 98 valence electrons. The third kappa shape index (κ3) is 3.11. The average molecular weight is 242 g/mol. The zero-order valence-corrected chi connectivity index (χ0v) is 10.8. The van der Waals surface area contributed by atoms with Gasteiger partial charge >= 0.3 is 12.0 Å². The molecule has 1 aliphatic heterocycles. The Morgan fingerprint density at radius 2 is 2.18 bits per heavy atom. The number of nitrogens with zero attached hydrogens (tertiary/aromatic N) is 1. The molecule has 0 bridgehead atoms. The first kappa shape index (κ1) is 13.8. The van der Waals surface area contributed by atoms with E-state index in [1.165, 1.54) is 0 Å². The number of rotatable bonds is 4. The number of carboxylic acid groups (broad SMARTS) is 1. The fourth-order valence-electron chi connectivity index (χ4n) is 1.96. The fourth-order valence-corrected chi connectivity index (χ4v) is 1.96. The Hall–Kier alpha value is -1.26. The number of nitrogens with one attached hydrogen (secondary N) is 1. The van der Waals surface area contributed by atoms with Crippen LogP contribution in [0.3, 0.4) is 0 Å². The largest absolute Gasteiger partial charge is 0.481 e. The van der Waals surface area contributed by atoms with E-state index in [0.717, 1.165) is 19.4 Å². The second-order valence-corrected chi connectivity index (χ2v) is 5.06. The van der Waals surface area contributed by atoms with Gasteiger partial charge in [-0.05, 0) is 33.1 Å². The molecule has 0 radical (unpaired) electrons. The van der Waals surface area contributed by atoms with Crippen LogP contribution in [0.5, 0.6) is 0 Å². The Kier molecular flexibility index (Phi) is 4.37. The SMILES string of the molecule is CCC(C)(CNC(=O)N1CCCC1C)C(=O)O. The van der Waals surface area contributed by atoms with Crippen molar-refractivity contribution < 1.29 is 14.7 Å². The van der Waals surface area contributed by atoms with E-state index in [1.54, 1.807) is 11.8 Å². The molecule has 0 saturated carbocycles. The van der Waals surface area contributed by atoms with E-state index < -0.39 is 11.4 Å². The minimum absolute atomic E-state index is 0.143. The maximum Gasteiger partial charge on any atom is 0.317 e. The third-order valence-corrected chi connectivity index (χ3v) is 3.74. The normalized spacial score (nSPS) is 23.2. The predicted molar refractivity (Wildman–Crippen MR) is 64.8 cm³/mol.